The van der Waals surface area contributed by atoms with Gasteiger partial charge in [0.1, 0.15) is 5.82 Å². The second-order valence-corrected chi connectivity index (χ2v) is 5.15. The summed E-state index contributed by atoms with van der Waals surface area (Å²) in [6.07, 6.45) is 3.18. The maximum Gasteiger partial charge on any atom is 0.224 e. The van der Waals surface area contributed by atoms with Crippen LogP contribution in [0.5, 0.6) is 0 Å². The Morgan fingerprint density at radius 2 is 2.17 bits per heavy atom. The van der Waals surface area contributed by atoms with E-state index < -0.39 is 0 Å². The maximum atomic E-state index is 14.0. The van der Waals surface area contributed by atoms with E-state index in [9.17, 15) is 9.18 Å². The van der Waals surface area contributed by atoms with Crippen molar-refractivity contribution in [2.24, 2.45) is 5.73 Å². The lowest BCUT2D eigenvalue weighted by Gasteiger charge is -2.13. The minimum absolute atomic E-state index is 0. The van der Waals surface area contributed by atoms with E-state index in [1.807, 2.05) is 0 Å². The highest BCUT2D eigenvalue weighted by Gasteiger charge is 2.15. The zero-order chi connectivity index (χ0) is 15.1. The van der Waals surface area contributed by atoms with Gasteiger partial charge in [-0.2, -0.15) is 0 Å². The fourth-order valence-electron chi connectivity index (χ4n) is 2.25. The molecule has 132 valence electrons. The molecule has 0 saturated carbocycles. The van der Waals surface area contributed by atoms with Crippen molar-refractivity contribution >= 4 is 42.1 Å². The highest BCUT2D eigenvalue weighted by atomic mass is 35.5. The van der Waals surface area contributed by atoms with Crippen molar-refractivity contribution in [3.8, 4) is 0 Å². The van der Waals surface area contributed by atoms with Gasteiger partial charge >= 0.3 is 0 Å². The summed E-state index contributed by atoms with van der Waals surface area (Å²) in [5.74, 6) is -0.537. The summed E-state index contributed by atoms with van der Waals surface area (Å²) < 4.78 is 19.4. The van der Waals surface area contributed by atoms with E-state index in [2.05, 4.69) is 10.6 Å². The van der Waals surface area contributed by atoms with E-state index >= 15 is 0 Å². The predicted octanol–water partition coefficient (Wildman–Crippen LogP) is 2.94. The van der Waals surface area contributed by atoms with Crippen LogP contribution < -0.4 is 16.4 Å². The lowest BCUT2D eigenvalue weighted by atomic mass is 10.2. The molecule has 23 heavy (non-hydrogen) atoms. The van der Waals surface area contributed by atoms with Gasteiger partial charge in [-0.05, 0) is 44.0 Å². The molecule has 0 spiro atoms. The lowest BCUT2D eigenvalue weighted by molar-refractivity contribution is -0.116. The van der Waals surface area contributed by atoms with Gasteiger partial charge in [-0.3, -0.25) is 4.79 Å². The van der Waals surface area contributed by atoms with Crippen molar-refractivity contribution in [3.05, 3.63) is 24.0 Å². The molecule has 5 nitrogen and oxygen atoms in total. The van der Waals surface area contributed by atoms with Gasteiger partial charge in [0.25, 0.3) is 0 Å². The number of nitrogens with one attached hydrogen (secondary N) is 2. The van der Waals surface area contributed by atoms with Crippen LogP contribution in [0.2, 0.25) is 0 Å². The van der Waals surface area contributed by atoms with Gasteiger partial charge in [0, 0.05) is 25.3 Å². The number of amides is 1. The zero-order valence-corrected chi connectivity index (χ0v) is 14.5. The molecule has 1 unspecified atom stereocenters. The Bertz CT molecular complexity index is 486. The highest BCUT2D eigenvalue weighted by Crippen LogP contribution is 2.20. The van der Waals surface area contributed by atoms with E-state index in [0.29, 0.717) is 37.3 Å². The Labute approximate surface area is 148 Å². The van der Waals surface area contributed by atoms with E-state index in [4.69, 9.17) is 10.5 Å². The molecule has 0 bridgehead atoms. The average Bonchev–Trinajstić information content (AvgIpc) is 2.97. The second kappa shape index (κ2) is 11.5. The van der Waals surface area contributed by atoms with Crippen LogP contribution in [0.25, 0.3) is 0 Å². The third kappa shape index (κ3) is 7.35. The molecule has 1 saturated heterocycles. The van der Waals surface area contributed by atoms with Gasteiger partial charge < -0.3 is 21.1 Å². The topological polar surface area (TPSA) is 76.4 Å². The van der Waals surface area contributed by atoms with Crippen LogP contribution in [0.4, 0.5) is 15.8 Å². The van der Waals surface area contributed by atoms with Crippen LogP contribution >= 0.6 is 24.8 Å². The maximum absolute atomic E-state index is 14.0. The van der Waals surface area contributed by atoms with Gasteiger partial charge in [-0.15, -0.1) is 24.8 Å². The van der Waals surface area contributed by atoms with Crippen molar-refractivity contribution in [2.45, 2.75) is 31.8 Å². The van der Waals surface area contributed by atoms with Crippen LogP contribution in [0.1, 0.15) is 25.7 Å². The molecule has 1 aromatic rings. The number of hydrogen-bond donors (Lipinski definition) is 3. The molecule has 4 N–H and O–H groups in total. The number of benzene rings is 1. The van der Waals surface area contributed by atoms with Crippen LogP contribution in [0.3, 0.4) is 0 Å². The largest absolute Gasteiger partial charge is 0.380 e. The number of ether oxygens (including phenoxy) is 1. The molecule has 0 aromatic heterocycles. The Morgan fingerprint density at radius 1 is 1.39 bits per heavy atom. The summed E-state index contributed by atoms with van der Waals surface area (Å²) in [5, 5.41) is 5.70. The van der Waals surface area contributed by atoms with E-state index in [1.165, 1.54) is 6.07 Å². The molecule has 1 fully saturated rings. The molecule has 1 heterocycles. The van der Waals surface area contributed by atoms with E-state index in [-0.39, 0.29) is 42.6 Å². The minimum Gasteiger partial charge on any atom is -0.380 e. The van der Waals surface area contributed by atoms with Crippen molar-refractivity contribution in [1.29, 1.82) is 0 Å². The van der Waals surface area contributed by atoms with Crippen molar-refractivity contribution in [1.82, 2.24) is 0 Å². The smallest absolute Gasteiger partial charge is 0.224 e. The number of hydrogen-bond acceptors (Lipinski definition) is 4. The SMILES string of the molecule is Cl.Cl.NCCCC(=O)Nc1ccc(NCC2CCCO2)c(F)c1. The summed E-state index contributed by atoms with van der Waals surface area (Å²) in [5.41, 5.74) is 6.22. The Kier molecular flexibility index (Phi) is 10.9. The van der Waals surface area contributed by atoms with Crippen LogP contribution in [0.15, 0.2) is 18.2 Å². The number of anilines is 2. The molecule has 1 aliphatic rings. The summed E-state index contributed by atoms with van der Waals surface area (Å²) in [6.45, 7) is 1.84. The van der Waals surface area contributed by atoms with Gasteiger partial charge in [-0.1, -0.05) is 0 Å². The molecule has 8 heteroatoms. The van der Waals surface area contributed by atoms with E-state index in [1.54, 1.807) is 12.1 Å². The Balaban J connectivity index is 0.00000242. The lowest BCUT2D eigenvalue weighted by Crippen LogP contribution is -2.19. The fourth-order valence-corrected chi connectivity index (χ4v) is 2.25. The third-order valence-corrected chi connectivity index (χ3v) is 3.40. The van der Waals surface area contributed by atoms with Gasteiger partial charge in [0.15, 0.2) is 0 Å². The summed E-state index contributed by atoms with van der Waals surface area (Å²) in [7, 11) is 0. The second-order valence-electron chi connectivity index (χ2n) is 5.15. The molecule has 1 amide bonds. The first kappa shape index (κ1) is 21.9. The summed E-state index contributed by atoms with van der Waals surface area (Å²) in [6, 6.07) is 4.63. The molecule has 1 atom stereocenters. The normalized spacial score (nSPS) is 16.2. The number of nitrogens with two attached hydrogens (primary N) is 1. The van der Waals surface area contributed by atoms with Crippen molar-refractivity contribution < 1.29 is 13.9 Å². The number of rotatable bonds is 7. The molecule has 1 aromatic carbocycles. The van der Waals surface area contributed by atoms with Crippen molar-refractivity contribution in [2.75, 3.05) is 30.3 Å². The number of carbonyl (C=O) groups excluding carboxylic acids is 1. The van der Waals surface area contributed by atoms with Crippen LogP contribution in [0, 0.1) is 5.82 Å². The first-order valence-corrected chi connectivity index (χ1v) is 7.34. The van der Waals surface area contributed by atoms with Gasteiger partial charge in [-0.25, -0.2) is 4.39 Å². The molecule has 0 radical (unpaired) electrons. The summed E-state index contributed by atoms with van der Waals surface area (Å²) >= 11 is 0. The predicted molar refractivity (Wildman–Crippen MR) is 95.3 cm³/mol. The first-order valence-electron chi connectivity index (χ1n) is 7.34. The summed E-state index contributed by atoms with van der Waals surface area (Å²) in [4.78, 5) is 11.5. The Hall–Kier alpha value is -1.08. The average molecular weight is 368 g/mol. The molecular formula is C15H24Cl2FN3O2. The standard InChI is InChI=1S/C15H22FN3O2.2ClH/c16-13-9-11(19-15(20)4-1-7-17)5-6-14(13)18-10-12-3-2-8-21-12;;/h5-6,9,12,18H,1-4,7-8,10,17H2,(H,19,20);2*1H. The molecule has 0 aliphatic carbocycles. The van der Waals surface area contributed by atoms with Gasteiger partial charge in [0.05, 0.1) is 11.8 Å². The Morgan fingerprint density at radius 3 is 2.78 bits per heavy atom. The molecule has 2 rings (SSSR count). The third-order valence-electron chi connectivity index (χ3n) is 3.40. The molecular weight excluding hydrogens is 344 g/mol. The van der Waals surface area contributed by atoms with Crippen LogP contribution in [-0.2, 0) is 9.53 Å². The zero-order valence-electron chi connectivity index (χ0n) is 12.8. The van der Waals surface area contributed by atoms with Crippen LogP contribution in [-0.4, -0.2) is 31.7 Å². The minimum atomic E-state index is -0.385. The molecule has 1 aliphatic heterocycles. The van der Waals surface area contributed by atoms with Gasteiger partial charge in [0.2, 0.25) is 5.91 Å². The number of halogens is 3. The fraction of sp³-hybridized carbons (Fsp3) is 0.533. The highest BCUT2D eigenvalue weighted by molar-refractivity contribution is 5.90. The van der Waals surface area contributed by atoms with E-state index in [0.717, 1.165) is 19.4 Å². The number of carbonyl (C=O) groups is 1. The monoisotopic (exact) mass is 367 g/mol. The quantitative estimate of drug-likeness (QED) is 0.692. The first-order chi connectivity index (χ1) is 10.2. The van der Waals surface area contributed by atoms with Crippen molar-refractivity contribution in [3.63, 3.8) is 0 Å².